The Labute approximate surface area is 203 Å². The molecule has 0 spiro atoms. The third kappa shape index (κ3) is 6.59. The van der Waals surface area contributed by atoms with Crippen LogP contribution in [0.15, 0.2) is 48.8 Å². The summed E-state index contributed by atoms with van der Waals surface area (Å²) in [6, 6.07) is 9.22. The maximum Gasteiger partial charge on any atom is 0.252 e. The van der Waals surface area contributed by atoms with Crippen molar-refractivity contribution in [2.24, 2.45) is 5.92 Å². The molecule has 3 N–H and O–H groups in total. The normalized spacial score (nSPS) is 14.4. The van der Waals surface area contributed by atoms with Crippen LogP contribution in [0.1, 0.15) is 54.0 Å². The van der Waals surface area contributed by atoms with Crippen molar-refractivity contribution in [1.29, 1.82) is 0 Å². The van der Waals surface area contributed by atoms with Crippen LogP contribution in [-0.2, 0) is 4.79 Å². The molecule has 9 heteroatoms. The van der Waals surface area contributed by atoms with Crippen LogP contribution < -0.4 is 16.0 Å². The Kier molecular flexibility index (Phi) is 7.64. The summed E-state index contributed by atoms with van der Waals surface area (Å²) >= 11 is 0. The van der Waals surface area contributed by atoms with E-state index in [1.54, 1.807) is 37.3 Å². The molecule has 4 rings (SSSR count). The van der Waals surface area contributed by atoms with Crippen molar-refractivity contribution < 1.29 is 14.0 Å². The molecule has 2 aromatic heterocycles. The summed E-state index contributed by atoms with van der Waals surface area (Å²) < 4.78 is 14.0. The Morgan fingerprint density at radius 1 is 1.11 bits per heavy atom. The first-order valence-corrected chi connectivity index (χ1v) is 11.8. The highest BCUT2D eigenvalue weighted by molar-refractivity contribution is 6.01. The summed E-state index contributed by atoms with van der Waals surface area (Å²) in [6.07, 6.45) is 7.51. The van der Waals surface area contributed by atoms with Crippen LogP contribution in [0.25, 0.3) is 0 Å². The minimum atomic E-state index is -0.713. The van der Waals surface area contributed by atoms with Gasteiger partial charge in [0.05, 0.1) is 11.9 Å². The zero-order valence-corrected chi connectivity index (χ0v) is 19.8. The van der Waals surface area contributed by atoms with Gasteiger partial charge in [-0.3, -0.25) is 14.6 Å². The van der Waals surface area contributed by atoms with E-state index in [2.05, 4.69) is 30.9 Å². The monoisotopic (exact) mass is 476 g/mol. The maximum atomic E-state index is 14.0. The molecule has 1 saturated carbocycles. The lowest BCUT2D eigenvalue weighted by atomic mass is 9.97. The average Bonchev–Trinajstić information content (AvgIpc) is 3.33. The highest BCUT2D eigenvalue weighted by Crippen LogP contribution is 2.29. The van der Waals surface area contributed by atoms with E-state index in [0.29, 0.717) is 35.2 Å². The second-order valence-corrected chi connectivity index (χ2v) is 8.90. The van der Waals surface area contributed by atoms with Crippen molar-refractivity contribution in [3.8, 4) is 0 Å². The minimum Gasteiger partial charge on any atom is -0.353 e. The molecule has 0 radical (unpaired) electrons. The lowest BCUT2D eigenvalue weighted by Gasteiger charge is -2.21. The highest BCUT2D eigenvalue weighted by Gasteiger charge is 2.27. The first-order chi connectivity index (χ1) is 16.9. The van der Waals surface area contributed by atoms with E-state index in [-0.39, 0.29) is 17.5 Å². The fraction of sp³-hybridized carbons (Fsp3) is 0.346. The first kappa shape index (κ1) is 24.3. The minimum absolute atomic E-state index is 0.256. The number of aromatic nitrogens is 3. The summed E-state index contributed by atoms with van der Waals surface area (Å²) in [5.74, 6) is 0.171. The number of aryl methyl sites for hydroxylation is 2. The van der Waals surface area contributed by atoms with Gasteiger partial charge in [0.15, 0.2) is 5.82 Å². The standard InChI is InChI=1S/C26H29FN6O2/c1-16-12-24(30-17(2)29-16)33-26(35)23(13-18-6-3-4-7-18)32-25(34)19-8-5-9-20(14-19)31-22-10-11-28-15-21(22)27/h5,8-12,14-15,18,23H,3-4,6-7,13H2,1-2H3,(H,28,31)(H,32,34)(H,29,30,33,35)/t23-/m1/s1. The van der Waals surface area contributed by atoms with E-state index < -0.39 is 11.9 Å². The Bertz CT molecular complexity index is 1190. The number of amides is 2. The Morgan fingerprint density at radius 2 is 1.91 bits per heavy atom. The van der Waals surface area contributed by atoms with Crippen molar-refractivity contribution >= 4 is 29.0 Å². The largest absolute Gasteiger partial charge is 0.353 e. The SMILES string of the molecule is Cc1cc(NC(=O)[C@@H](CC2CCCC2)NC(=O)c2cccc(Nc3ccncc3F)c2)nc(C)n1. The van der Waals surface area contributed by atoms with Crippen molar-refractivity contribution in [3.63, 3.8) is 0 Å². The number of nitrogens with zero attached hydrogens (tertiary/aromatic N) is 3. The van der Waals surface area contributed by atoms with Gasteiger partial charge in [0.25, 0.3) is 5.91 Å². The molecule has 0 bridgehead atoms. The van der Waals surface area contributed by atoms with Gasteiger partial charge >= 0.3 is 0 Å². The Hall–Kier alpha value is -3.88. The molecule has 1 atom stereocenters. The number of hydrogen-bond donors (Lipinski definition) is 3. The summed E-state index contributed by atoms with van der Waals surface area (Å²) in [4.78, 5) is 38.6. The molecule has 2 heterocycles. The topological polar surface area (TPSA) is 109 Å². The number of nitrogens with one attached hydrogen (secondary N) is 3. The van der Waals surface area contributed by atoms with E-state index >= 15 is 0 Å². The van der Waals surface area contributed by atoms with Crippen LogP contribution in [0, 0.1) is 25.6 Å². The molecule has 8 nitrogen and oxygen atoms in total. The van der Waals surface area contributed by atoms with E-state index in [4.69, 9.17) is 0 Å². The van der Waals surface area contributed by atoms with Crippen LogP contribution in [0.5, 0.6) is 0 Å². The molecule has 1 aromatic carbocycles. The van der Waals surface area contributed by atoms with Crippen LogP contribution in [0.3, 0.4) is 0 Å². The Morgan fingerprint density at radius 3 is 2.66 bits per heavy atom. The second kappa shape index (κ2) is 11.0. The Balaban J connectivity index is 1.49. The van der Waals surface area contributed by atoms with Gasteiger partial charge < -0.3 is 16.0 Å². The van der Waals surface area contributed by atoms with Gasteiger partial charge in [0, 0.05) is 29.2 Å². The van der Waals surface area contributed by atoms with Gasteiger partial charge in [0.1, 0.15) is 17.7 Å². The molecule has 1 fully saturated rings. The zero-order valence-electron chi connectivity index (χ0n) is 19.8. The molecule has 1 aliphatic carbocycles. The van der Waals surface area contributed by atoms with Crippen molar-refractivity contribution in [1.82, 2.24) is 20.3 Å². The number of hydrogen-bond acceptors (Lipinski definition) is 6. The van der Waals surface area contributed by atoms with Gasteiger partial charge in [-0.1, -0.05) is 31.7 Å². The van der Waals surface area contributed by atoms with Gasteiger partial charge in [-0.25, -0.2) is 14.4 Å². The van der Waals surface area contributed by atoms with E-state index in [9.17, 15) is 14.0 Å². The van der Waals surface area contributed by atoms with Crippen molar-refractivity contribution in [3.05, 3.63) is 71.7 Å². The molecule has 35 heavy (non-hydrogen) atoms. The molecule has 0 unspecified atom stereocenters. The summed E-state index contributed by atoms with van der Waals surface area (Å²) in [5.41, 5.74) is 1.92. The van der Waals surface area contributed by atoms with E-state index in [0.717, 1.165) is 37.6 Å². The predicted molar refractivity (Wildman–Crippen MR) is 132 cm³/mol. The second-order valence-electron chi connectivity index (χ2n) is 8.90. The van der Waals surface area contributed by atoms with Crippen molar-refractivity contribution in [2.45, 2.75) is 52.0 Å². The number of anilines is 3. The molecule has 3 aromatic rings. The summed E-state index contributed by atoms with van der Waals surface area (Å²) in [5, 5.41) is 8.70. The smallest absolute Gasteiger partial charge is 0.252 e. The molecular weight excluding hydrogens is 447 g/mol. The van der Waals surface area contributed by atoms with Gasteiger partial charge in [-0.15, -0.1) is 0 Å². The fourth-order valence-electron chi connectivity index (χ4n) is 4.42. The van der Waals surface area contributed by atoms with Crippen LogP contribution in [0.4, 0.5) is 21.6 Å². The van der Waals surface area contributed by atoms with Crippen LogP contribution >= 0.6 is 0 Å². The van der Waals surface area contributed by atoms with E-state index in [1.807, 2.05) is 6.92 Å². The number of rotatable bonds is 8. The van der Waals surface area contributed by atoms with Crippen LogP contribution in [0.2, 0.25) is 0 Å². The molecule has 182 valence electrons. The fourth-order valence-corrected chi connectivity index (χ4v) is 4.42. The first-order valence-electron chi connectivity index (χ1n) is 11.8. The molecule has 0 aliphatic heterocycles. The van der Waals surface area contributed by atoms with E-state index in [1.165, 1.54) is 12.3 Å². The number of carbonyl (C=O) groups is 2. The molecule has 2 amide bonds. The quantitative estimate of drug-likeness (QED) is 0.435. The average molecular weight is 477 g/mol. The van der Waals surface area contributed by atoms with Crippen LogP contribution in [-0.4, -0.2) is 32.8 Å². The number of halogens is 1. The number of carbonyl (C=O) groups excluding carboxylic acids is 2. The van der Waals surface area contributed by atoms with Gasteiger partial charge in [0.2, 0.25) is 5.91 Å². The molecular formula is C26H29FN6O2. The maximum absolute atomic E-state index is 14.0. The molecule has 0 saturated heterocycles. The third-order valence-electron chi connectivity index (χ3n) is 6.06. The number of benzene rings is 1. The zero-order chi connectivity index (χ0) is 24.8. The van der Waals surface area contributed by atoms with Gasteiger partial charge in [-0.2, -0.15) is 0 Å². The number of pyridine rings is 1. The van der Waals surface area contributed by atoms with Crippen molar-refractivity contribution in [2.75, 3.05) is 10.6 Å². The summed E-state index contributed by atoms with van der Waals surface area (Å²) in [7, 11) is 0. The lowest BCUT2D eigenvalue weighted by Crippen LogP contribution is -2.45. The summed E-state index contributed by atoms with van der Waals surface area (Å²) in [6.45, 7) is 3.60. The van der Waals surface area contributed by atoms with Gasteiger partial charge in [-0.05, 0) is 50.5 Å². The predicted octanol–water partition coefficient (Wildman–Crippen LogP) is 4.69. The molecule has 1 aliphatic rings. The highest BCUT2D eigenvalue weighted by atomic mass is 19.1. The lowest BCUT2D eigenvalue weighted by molar-refractivity contribution is -0.118. The third-order valence-corrected chi connectivity index (χ3v) is 6.06.